The van der Waals surface area contributed by atoms with E-state index < -0.39 is 6.72 Å². The standard InChI is InChI=1S/C8H11O3PS/c9-12(10,13)11-7-6-8-4-2-1-3-5-8/h1-5H,6-7H2,(H2,9,10,13). The van der Waals surface area contributed by atoms with E-state index in [1.54, 1.807) is 0 Å². The Hall–Kier alpha value is -0.250. The molecule has 1 aromatic rings. The number of hydrogen-bond donors (Lipinski definition) is 2. The summed E-state index contributed by atoms with van der Waals surface area (Å²) in [5.74, 6) is 0. The fourth-order valence-electron chi connectivity index (χ4n) is 0.927. The molecule has 0 saturated heterocycles. The van der Waals surface area contributed by atoms with Crippen molar-refractivity contribution in [3.05, 3.63) is 35.9 Å². The van der Waals surface area contributed by atoms with Gasteiger partial charge in [-0.3, -0.25) is 0 Å². The van der Waals surface area contributed by atoms with Crippen LogP contribution in [0, 0.1) is 0 Å². The molecule has 0 bridgehead atoms. The first-order chi connectivity index (χ1) is 6.08. The van der Waals surface area contributed by atoms with Crippen LogP contribution in [0.25, 0.3) is 0 Å². The maximum Gasteiger partial charge on any atom is 0.321 e. The molecule has 0 saturated carbocycles. The second-order valence-corrected chi connectivity index (χ2v) is 5.23. The third-order valence-corrected chi connectivity index (χ3v) is 2.33. The van der Waals surface area contributed by atoms with Gasteiger partial charge in [-0.2, -0.15) is 0 Å². The normalized spacial score (nSPS) is 11.5. The van der Waals surface area contributed by atoms with Gasteiger partial charge in [-0.25, -0.2) is 0 Å². The van der Waals surface area contributed by atoms with Gasteiger partial charge in [0.05, 0.1) is 6.61 Å². The fourth-order valence-corrected chi connectivity index (χ4v) is 1.48. The molecule has 0 amide bonds. The minimum absolute atomic E-state index is 0.244. The molecule has 0 aliphatic carbocycles. The molecule has 72 valence electrons. The first-order valence-electron chi connectivity index (χ1n) is 3.82. The molecule has 0 aromatic heterocycles. The van der Waals surface area contributed by atoms with Crippen molar-refractivity contribution in [2.75, 3.05) is 6.61 Å². The van der Waals surface area contributed by atoms with Crippen LogP contribution in [0.1, 0.15) is 5.56 Å². The predicted octanol–water partition coefficient (Wildman–Crippen LogP) is 1.45. The van der Waals surface area contributed by atoms with Crippen molar-refractivity contribution in [2.45, 2.75) is 6.42 Å². The summed E-state index contributed by atoms with van der Waals surface area (Å²) in [7, 11) is 0. The molecule has 0 atom stereocenters. The van der Waals surface area contributed by atoms with Crippen LogP contribution in [0.5, 0.6) is 0 Å². The third kappa shape index (κ3) is 5.13. The number of hydrogen-bond acceptors (Lipinski definition) is 2. The molecule has 0 heterocycles. The minimum Gasteiger partial charge on any atom is -0.325 e. The quantitative estimate of drug-likeness (QED) is 0.751. The zero-order chi connectivity index (χ0) is 9.73. The van der Waals surface area contributed by atoms with Gasteiger partial charge in [0, 0.05) is 0 Å². The largest absolute Gasteiger partial charge is 0.325 e. The van der Waals surface area contributed by atoms with Crippen molar-refractivity contribution in [1.82, 2.24) is 0 Å². The van der Waals surface area contributed by atoms with Crippen molar-refractivity contribution in [3.63, 3.8) is 0 Å². The van der Waals surface area contributed by atoms with Crippen LogP contribution in [0.3, 0.4) is 0 Å². The van der Waals surface area contributed by atoms with Crippen LogP contribution >= 0.6 is 6.72 Å². The maximum atomic E-state index is 8.75. The van der Waals surface area contributed by atoms with E-state index >= 15 is 0 Å². The van der Waals surface area contributed by atoms with E-state index in [1.807, 2.05) is 30.3 Å². The molecule has 0 unspecified atom stereocenters. The van der Waals surface area contributed by atoms with Crippen LogP contribution in [0.4, 0.5) is 0 Å². The highest BCUT2D eigenvalue weighted by Crippen LogP contribution is 2.36. The Labute approximate surface area is 82.2 Å². The summed E-state index contributed by atoms with van der Waals surface area (Å²) in [6.07, 6.45) is 0.639. The van der Waals surface area contributed by atoms with E-state index in [1.165, 1.54) is 0 Å². The summed E-state index contributed by atoms with van der Waals surface area (Å²) in [6.45, 7) is -3.23. The van der Waals surface area contributed by atoms with E-state index in [0.29, 0.717) is 6.42 Å². The van der Waals surface area contributed by atoms with E-state index in [9.17, 15) is 0 Å². The van der Waals surface area contributed by atoms with Gasteiger partial charge in [-0.05, 0) is 23.8 Å². The SMILES string of the molecule is OP(O)(=S)OCCc1ccccc1. The minimum atomic E-state index is -3.47. The molecule has 0 aliphatic rings. The highest BCUT2D eigenvalue weighted by molar-refractivity contribution is 8.06. The molecule has 3 nitrogen and oxygen atoms in total. The molecule has 0 fully saturated rings. The Morgan fingerprint density at radius 3 is 2.38 bits per heavy atom. The Morgan fingerprint density at radius 1 is 1.23 bits per heavy atom. The lowest BCUT2D eigenvalue weighted by molar-refractivity contribution is 0.255. The van der Waals surface area contributed by atoms with E-state index in [2.05, 4.69) is 16.3 Å². The van der Waals surface area contributed by atoms with Crippen molar-refractivity contribution >= 4 is 18.5 Å². The molecule has 0 aliphatic heterocycles. The van der Waals surface area contributed by atoms with Gasteiger partial charge in [0.25, 0.3) is 0 Å². The Morgan fingerprint density at radius 2 is 1.85 bits per heavy atom. The average molecular weight is 218 g/mol. The van der Waals surface area contributed by atoms with Crippen LogP contribution in [-0.2, 0) is 22.8 Å². The van der Waals surface area contributed by atoms with Crippen LogP contribution in [0.15, 0.2) is 30.3 Å². The highest BCUT2D eigenvalue weighted by Gasteiger charge is 2.06. The molecule has 1 rings (SSSR count). The van der Waals surface area contributed by atoms with Gasteiger partial charge in [-0.1, -0.05) is 30.3 Å². The molecule has 2 N–H and O–H groups in total. The molecular weight excluding hydrogens is 207 g/mol. The molecule has 0 radical (unpaired) electrons. The number of benzene rings is 1. The lowest BCUT2D eigenvalue weighted by Crippen LogP contribution is -1.95. The summed E-state index contributed by atoms with van der Waals surface area (Å²) < 4.78 is 4.67. The highest BCUT2D eigenvalue weighted by atomic mass is 32.5. The molecule has 5 heteroatoms. The van der Waals surface area contributed by atoms with Crippen LogP contribution in [0.2, 0.25) is 0 Å². The van der Waals surface area contributed by atoms with Crippen molar-refractivity contribution in [2.24, 2.45) is 0 Å². The smallest absolute Gasteiger partial charge is 0.321 e. The van der Waals surface area contributed by atoms with Crippen molar-refractivity contribution in [1.29, 1.82) is 0 Å². The summed E-state index contributed by atoms with van der Waals surface area (Å²) >= 11 is 4.30. The molecule has 13 heavy (non-hydrogen) atoms. The zero-order valence-corrected chi connectivity index (χ0v) is 8.67. The summed E-state index contributed by atoms with van der Waals surface area (Å²) in [6, 6.07) is 9.66. The van der Waals surface area contributed by atoms with Gasteiger partial charge in [-0.15, -0.1) is 0 Å². The first-order valence-corrected chi connectivity index (χ1v) is 6.44. The van der Waals surface area contributed by atoms with E-state index in [0.717, 1.165) is 5.56 Å². The maximum absolute atomic E-state index is 8.75. The summed E-state index contributed by atoms with van der Waals surface area (Å²) in [4.78, 5) is 17.5. The Bertz CT molecular complexity index is 296. The van der Waals surface area contributed by atoms with Gasteiger partial charge < -0.3 is 14.3 Å². The monoisotopic (exact) mass is 218 g/mol. The van der Waals surface area contributed by atoms with Crippen LogP contribution in [-0.4, -0.2) is 16.4 Å². The Balaban J connectivity index is 2.33. The number of rotatable bonds is 4. The lowest BCUT2D eigenvalue weighted by atomic mass is 10.2. The summed E-state index contributed by atoms with van der Waals surface area (Å²) in [5.41, 5.74) is 1.09. The zero-order valence-electron chi connectivity index (χ0n) is 6.96. The van der Waals surface area contributed by atoms with Crippen molar-refractivity contribution in [3.8, 4) is 0 Å². The topological polar surface area (TPSA) is 49.7 Å². The molecule has 1 aromatic carbocycles. The first kappa shape index (κ1) is 10.8. The molecular formula is C8H11O3PS. The Kier molecular flexibility index (Phi) is 4.03. The lowest BCUT2D eigenvalue weighted by Gasteiger charge is -2.07. The fraction of sp³-hybridized carbons (Fsp3) is 0.250. The van der Waals surface area contributed by atoms with Gasteiger partial charge in [0.1, 0.15) is 0 Å². The average Bonchev–Trinajstić information content (AvgIpc) is 2.04. The van der Waals surface area contributed by atoms with Crippen molar-refractivity contribution < 1.29 is 14.3 Å². The predicted molar refractivity (Wildman–Crippen MR) is 54.8 cm³/mol. The van der Waals surface area contributed by atoms with Gasteiger partial charge >= 0.3 is 6.72 Å². The van der Waals surface area contributed by atoms with E-state index in [-0.39, 0.29) is 6.61 Å². The van der Waals surface area contributed by atoms with E-state index in [4.69, 9.17) is 9.79 Å². The second-order valence-electron chi connectivity index (χ2n) is 2.56. The summed E-state index contributed by atoms with van der Waals surface area (Å²) in [5, 5.41) is 0. The van der Waals surface area contributed by atoms with Gasteiger partial charge in [0.15, 0.2) is 0 Å². The third-order valence-electron chi connectivity index (χ3n) is 1.49. The molecule has 0 spiro atoms. The van der Waals surface area contributed by atoms with Crippen LogP contribution < -0.4 is 0 Å². The second kappa shape index (κ2) is 4.84. The van der Waals surface area contributed by atoms with Gasteiger partial charge in [0.2, 0.25) is 0 Å².